The number of hydrogen-bond acceptors (Lipinski definition) is 7. The SMILES string of the molecule is CC(C)(C)OC(=O)CCC(NC(=O)NCC(=O)OC(C)(C)C)C(=O)OC(C)(C)C. The third-order valence-corrected chi connectivity index (χ3v) is 2.87. The van der Waals surface area contributed by atoms with Crippen LogP contribution in [0.1, 0.15) is 75.2 Å². The quantitative estimate of drug-likeness (QED) is 0.483. The highest BCUT2D eigenvalue weighted by molar-refractivity contribution is 5.86. The van der Waals surface area contributed by atoms with Gasteiger partial charge in [-0.2, -0.15) is 0 Å². The number of carbonyl (C=O) groups excluding carboxylic acids is 4. The molecule has 0 rings (SSSR count). The van der Waals surface area contributed by atoms with E-state index >= 15 is 0 Å². The van der Waals surface area contributed by atoms with Crippen LogP contribution in [-0.2, 0) is 28.6 Å². The second-order valence-corrected chi connectivity index (χ2v) is 9.62. The average Bonchev–Trinajstić information content (AvgIpc) is 2.43. The van der Waals surface area contributed by atoms with Crippen LogP contribution in [0.15, 0.2) is 0 Å². The molecule has 0 aromatic rings. The Morgan fingerprint density at radius 3 is 1.62 bits per heavy atom. The van der Waals surface area contributed by atoms with Crippen molar-refractivity contribution in [3.8, 4) is 0 Å². The van der Waals surface area contributed by atoms with Crippen LogP contribution in [0.25, 0.3) is 0 Å². The summed E-state index contributed by atoms with van der Waals surface area (Å²) < 4.78 is 15.6. The Labute approximate surface area is 173 Å². The van der Waals surface area contributed by atoms with E-state index in [9.17, 15) is 19.2 Å². The molecule has 1 atom stereocenters. The lowest BCUT2D eigenvalue weighted by molar-refractivity contribution is -0.158. The molecule has 0 spiro atoms. The Bertz CT molecular complexity index is 595. The topological polar surface area (TPSA) is 120 Å². The summed E-state index contributed by atoms with van der Waals surface area (Å²) in [7, 11) is 0. The summed E-state index contributed by atoms with van der Waals surface area (Å²) in [5.41, 5.74) is -2.10. The van der Waals surface area contributed by atoms with Gasteiger partial charge in [0.15, 0.2) is 0 Å². The molecule has 2 N–H and O–H groups in total. The zero-order valence-electron chi connectivity index (χ0n) is 19.1. The van der Waals surface area contributed by atoms with Gasteiger partial charge in [-0.3, -0.25) is 9.59 Å². The van der Waals surface area contributed by atoms with E-state index in [-0.39, 0.29) is 19.4 Å². The van der Waals surface area contributed by atoms with Crippen molar-refractivity contribution in [2.45, 2.75) is 98.0 Å². The summed E-state index contributed by atoms with van der Waals surface area (Å²) in [4.78, 5) is 48.2. The molecular weight excluding hydrogens is 380 g/mol. The Morgan fingerprint density at radius 2 is 1.17 bits per heavy atom. The number of esters is 3. The lowest BCUT2D eigenvalue weighted by atomic mass is 10.1. The summed E-state index contributed by atoms with van der Waals surface area (Å²) >= 11 is 0. The lowest BCUT2D eigenvalue weighted by Crippen LogP contribution is -2.49. The van der Waals surface area contributed by atoms with E-state index in [0.29, 0.717) is 0 Å². The predicted molar refractivity (Wildman–Crippen MR) is 107 cm³/mol. The summed E-state index contributed by atoms with van der Waals surface area (Å²) in [6, 6.07) is -1.84. The van der Waals surface area contributed by atoms with E-state index in [1.807, 2.05) is 0 Å². The molecule has 0 aliphatic heterocycles. The Balaban J connectivity index is 4.88. The van der Waals surface area contributed by atoms with Crippen molar-refractivity contribution < 1.29 is 33.4 Å². The normalized spacial score (nSPS) is 13.1. The number of nitrogens with one attached hydrogen (secondary N) is 2. The standard InChI is InChI=1S/C20H36N2O7/c1-18(2,3)27-14(23)11-10-13(16(25)29-20(7,8)9)22-17(26)21-12-15(24)28-19(4,5)6/h13H,10-12H2,1-9H3,(H2,21,22,26). The van der Waals surface area contributed by atoms with Gasteiger partial charge in [0.25, 0.3) is 0 Å². The second kappa shape index (κ2) is 10.5. The van der Waals surface area contributed by atoms with Crippen LogP contribution < -0.4 is 10.6 Å². The third kappa shape index (κ3) is 15.3. The van der Waals surface area contributed by atoms with E-state index in [1.54, 1.807) is 62.3 Å². The Kier molecular flexibility index (Phi) is 9.62. The smallest absolute Gasteiger partial charge is 0.329 e. The van der Waals surface area contributed by atoms with Gasteiger partial charge in [0.05, 0.1) is 0 Å². The van der Waals surface area contributed by atoms with Crippen LogP contribution in [0, 0.1) is 0 Å². The highest BCUT2D eigenvalue weighted by Crippen LogP contribution is 2.13. The number of hydrogen-bond donors (Lipinski definition) is 2. The van der Waals surface area contributed by atoms with E-state index in [1.165, 1.54) is 0 Å². The first-order chi connectivity index (χ1) is 12.9. The molecule has 0 aliphatic rings. The summed E-state index contributed by atoms with van der Waals surface area (Å²) in [6.07, 6.45) is -0.1000. The molecule has 29 heavy (non-hydrogen) atoms. The van der Waals surface area contributed by atoms with Crippen LogP contribution in [0.2, 0.25) is 0 Å². The van der Waals surface area contributed by atoms with Gasteiger partial charge >= 0.3 is 23.9 Å². The van der Waals surface area contributed by atoms with Gasteiger partial charge in [-0.1, -0.05) is 0 Å². The molecule has 0 saturated heterocycles. The number of urea groups is 1. The van der Waals surface area contributed by atoms with Crippen LogP contribution in [-0.4, -0.2) is 53.3 Å². The molecular formula is C20H36N2O7. The summed E-state index contributed by atoms with van der Waals surface area (Å²) in [5.74, 6) is -1.80. The molecule has 0 fully saturated rings. The molecule has 0 saturated carbocycles. The summed E-state index contributed by atoms with van der Waals surface area (Å²) in [6.45, 7) is 15.0. The maximum absolute atomic E-state index is 12.4. The molecule has 0 bridgehead atoms. The average molecular weight is 417 g/mol. The van der Waals surface area contributed by atoms with Crippen LogP contribution >= 0.6 is 0 Å². The molecule has 9 nitrogen and oxygen atoms in total. The fourth-order valence-electron chi connectivity index (χ4n) is 2.02. The Morgan fingerprint density at radius 1 is 0.724 bits per heavy atom. The minimum Gasteiger partial charge on any atom is -0.460 e. The molecule has 0 heterocycles. The van der Waals surface area contributed by atoms with Crippen LogP contribution in [0.3, 0.4) is 0 Å². The van der Waals surface area contributed by atoms with Crippen LogP contribution in [0.4, 0.5) is 4.79 Å². The number of carbonyl (C=O) groups is 4. The molecule has 0 aromatic carbocycles. The van der Waals surface area contributed by atoms with E-state index in [0.717, 1.165) is 0 Å². The maximum atomic E-state index is 12.4. The van der Waals surface area contributed by atoms with Gasteiger partial charge in [-0.05, 0) is 68.7 Å². The molecule has 0 radical (unpaired) electrons. The largest absolute Gasteiger partial charge is 0.460 e. The van der Waals surface area contributed by atoms with Crippen molar-refractivity contribution in [1.82, 2.24) is 10.6 Å². The molecule has 2 amide bonds. The fraction of sp³-hybridized carbons (Fsp3) is 0.800. The van der Waals surface area contributed by atoms with Crippen molar-refractivity contribution in [3.63, 3.8) is 0 Å². The van der Waals surface area contributed by atoms with Gasteiger partial charge in [-0.15, -0.1) is 0 Å². The van der Waals surface area contributed by atoms with Gasteiger partial charge in [-0.25, -0.2) is 9.59 Å². The van der Waals surface area contributed by atoms with Crippen molar-refractivity contribution in [1.29, 1.82) is 0 Å². The van der Waals surface area contributed by atoms with E-state index in [2.05, 4.69) is 10.6 Å². The zero-order chi connectivity index (χ0) is 23.0. The lowest BCUT2D eigenvalue weighted by Gasteiger charge is -2.25. The molecule has 1 unspecified atom stereocenters. The fourth-order valence-corrected chi connectivity index (χ4v) is 2.02. The first-order valence-electron chi connectivity index (χ1n) is 9.59. The first-order valence-corrected chi connectivity index (χ1v) is 9.59. The molecule has 9 heteroatoms. The second-order valence-electron chi connectivity index (χ2n) is 9.62. The number of ether oxygens (including phenoxy) is 3. The number of amides is 2. The third-order valence-electron chi connectivity index (χ3n) is 2.87. The van der Waals surface area contributed by atoms with Crippen molar-refractivity contribution in [2.75, 3.05) is 6.54 Å². The minimum absolute atomic E-state index is 0.0102. The predicted octanol–water partition coefficient (Wildman–Crippen LogP) is 2.46. The van der Waals surface area contributed by atoms with E-state index < -0.39 is 46.8 Å². The highest BCUT2D eigenvalue weighted by Gasteiger charge is 2.28. The van der Waals surface area contributed by atoms with Gasteiger partial charge < -0.3 is 24.8 Å². The highest BCUT2D eigenvalue weighted by atomic mass is 16.6. The van der Waals surface area contributed by atoms with Crippen molar-refractivity contribution in [2.24, 2.45) is 0 Å². The Hall–Kier alpha value is -2.32. The first kappa shape index (κ1) is 26.7. The van der Waals surface area contributed by atoms with Crippen LogP contribution in [0.5, 0.6) is 0 Å². The van der Waals surface area contributed by atoms with E-state index in [4.69, 9.17) is 14.2 Å². The number of rotatable bonds is 7. The van der Waals surface area contributed by atoms with Crippen molar-refractivity contribution >= 4 is 23.9 Å². The monoisotopic (exact) mass is 416 g/mol. The molecule has 0 aliphatic carbocycles. The van der Waals surface area contributed by atoms with Gasteiger partial charge in [0.2, 0.25) is 0 Å². The maximum Gasteiger partial charge on any atom is 0.329 e. The molecule has 168 valence electrons. The molecule has 0 aromatic heterocycles. The zero-order valence-corrected chi connectivity index (χ0v) is 19.1. The summed E-state index contributed by atoms with van der Waals surface area (Å²) in [5, 5.41) is 4.77. The van der Waals surface area contributed by atoms with Gasteiger partial charge in [0.1, 0.15) is 29.4 Å². The van der Waals surface area contributed by atoms with Crippen molar-refractivity contribution in [3.05, 3.63) is 0 Å². The van der Waals surface area contributed by atoms with Gasteiger partial charge in [0, 0.05) is 6.42 Å². The minimum atomic E-state index is -1.08.